The predicted molar refractivity (Wildman–Crippen MR) is 130 cm³/mol. The highest BCUT2D eigenvalue weighted by atomic mass is 32.2. The van der Waals surface area contributed by atoms with Crippen LogP contribution in [-0.2, 0) is 31.3 Å². The van der Waals surface area contributed by atoms with Crippen LogP contribution in [0.25, 0.3) is 11.0 Å². The van der Waals surface area contributed by atoms with Crippen LogP contribution in [0.4, 0.5) is 8.78 Å². The zero-order chi connectivity index (χ0) is 26.4. The third-order valence-corrected chi connectivity index (χ3v) is 9.24. The number of amides is 1. The number of carbonyl (C=O) groups excluding carboxylic acids is 1. The molecule has 0 bridgehead atoms. The fraction of sp³-hybridized carbons (Fsp3) is 0.167. The first-order chi connectivity index (χ1) is 17.5. The SMILES string of the molecule is O=C1CC(c2ccc(CC(NS(=O)(=O)c3c(F)cccc3F)c3nc4ccccc4[nH]3)cc2)S(=O)(=O)N1. The lowest BCUT2D eigenvalue weighted by Gasteiger charge is -2.18. The summed E-state index contributed by atoms with van der Waals surface area (Å²) in [6.45, 7) is 0. The van der Waals surface area contributed by atoms with Crippen LogP contribution in [0.15, 0.2) is 71.6 Å². The van der Waals surface area contributed by atoms with Crippen molar-refractivity contribution in [2.24, 2.45) is 0 Å². The van der Waals surface area contributed by atoms with Crippen molar-refractivity contribution in [3.8, 4) is 0 Å². The molecule has 1 amide bonds. The molecule has 3 N–H and O–H groups in total. The van der Waals surface area contributed by atoms with Crippen LogP contribution in [0.2, 0.25) is 0 Å². The first-order valence-corrected chi connectivity index (χ1v) is 14.1. The summed E-state index contributed by atoms with van der Waals surface area (Å²) < 4.78 is 83.4. The number of nitrogens with one attached hydrogen (secondary N) is 3. The number of nitrogens with zero attached hydrogens (tertiary/aromatic N) is 1. The fourth-order valence-electron chi connectivity index (χ4n) is 4.27. The summed E-state index contributed by atoms with van der Waals surface area (Å²) in [5.41, 5.74) is 2.19. The molecule has 3 aromatic carbocycles. The molecule has 13 heteroatoms. The van der Waals surface area contributed by atoms with Crippen LogP contribution in [-0.4, -0.2) is 32.7 Å². The second kappa shape index (κ2) is 9.32. The molecule has 1 aliphatic heterocycles. The highest BCUT2D eigenvalue weighted by Crippen LogP contribution is 2.31. The Hall–Kier alpha value is -3.68. The van der Waals surface area contributed by atoms with Gasteiger partial charge in [0.1, 0.15) is 22.7 Å². The number of hydrogen-bond acceptors (Lipinski definition) is 6. The van der Waals surface area contributed by atoms with Gasteiger partial charge in [0.15, 0.2) is 4.90 Å². The van der Waals surface area contributed by atoms with Crippen molar-refractivity contribution in [2.45, 2.75) is 29.0 Å². The van der Waals surface area contributed by atoms with Gasteiger partial charge >= 0.3 is 0 Å². The molecule has 0 radical (unpaired) electrons. The van der Waals surface area contributed by atoms with Gasteiger partial charge < -0.3 is 4.98 Å². The molecule has 9 nitrogen and oxygen atoms in total. The molecule has 37 heavy (non-hydrogen) atoms. The number of halogens is 2. The molecule has 1 aliphatic rings. The normalized spacial score (nSPS) is 18.1. The summed E-state index contributed by atoms with van der Waals surface area (Å²) in [4.78, 5) is 17.9. The van der Waals surface area contributed by atoms with Crippen LogP contribution >= 0.6 is 0 Å². The summed E-state index contributed by atoms with van der Waals surface area (Å²) in [7, 11) is -8.48. The number of imidazole rings is 1. The van der Waals surface area contributed by atoms with E-state index in [9.17, 15) is 30.4 Å². The molecule has 0 aliphatic carbocycles. The van der Waals surface area contributed by atoms with E-state index in [0.717, 1.165) is 18.2 Å². The predicted octanol–water partition coefficient (Wildman–Crippen LogP) is 2.99. The van der Waals surface area contributed by atoms with Gasteiger partial charge in [-0.05, 0) is 41.8 Å². The number of benzene rings is 3. The number of carbonyl (C=O) groups is 1. The van der Waals surface area contributed by atoms with E-state index in [1.165, 1.54) is 0 Å². The minimum absolute atomic E-state index is 0.0179. The Morgan fingerprint density at radius 1 is 1.00 bits per heavy atom. The van der Waals surface area contributed by atoms with E-state index in [0.29, 0.717) is 22.2 Å². The number of H-pyrrole nitrogens is 1. The average Bonchev–Trinajstić information content (AvgIpc) is 3.38. The number of fused-ring (bicyclic) bond motifs is 1. The lowest BCUT2D eigenvalue weighted by molar-refractivity contribution is -0.118. The number of rotatable bonds is 7. The molecule has 4 aromatic rings. The molecular weight excluding hydrogens is 526 g/mol. The Morgan fingerprint density at radius 2 is 1.68 bits per heavy atom. The van der Waals surface area contributed by atoms with Crippen LogP contribution < -0.4 is 9.44 Å². The van der Waals surface area contributed by atoms with E-state index < -0.39 is 53.8 Å². The van der Waals surface area contributed by atoms with Gasteiger partial charge in [-0.15, -0.1) is 0 Å². The highest BCUT2D eigenvalue weighted by Gasteiger charge is 2.37. The Morgan fingerprint density at radius 3 is 2.30 bits per heavy atom. The third-order valence-electron chi connectivity index (χ3n) is 6.02. The highest BCUT2D eigenvalue weighted by molar-refractivity contribution is 7.90. The van der Waals surface area contributed by atoms with Gasteiger partial charge in [-0.2, -0.15) is 4.72 Å². The summed E-state index contributed by atoms with van der Waals surface area (Å²) in [5, 5.41) is -1.03. The lowest BCUT2D eigenvalue weighted by atomic mass is 10.0. The summed E-state index contributed by atoms with van der Waals surface area (Å²) >= 11 is 0. The van der Waals surface area contributed by atoms with Gasteiger partial charge in [-0.1, -0.05) is 42.5 Å². The Kier molecular flexibility index (Phi) is 6.30. The number of aromatic nitrogens is 2. The van der Waals surface area contributed by atoms with Crippen LogP contribution in [0, 0.1) is 11.6 Å². The molecular formula is C24H20F2N4O5S2. The van der Waals surface area contributed by atoms with Crippen LogP contribution in [0.5, 0.6) is 0 Å². The maximum Gasteiger partial charge on any atom is 0.247 e. The smallest absolute Gasteiger partial charge is 0.247 e. The van der Waals surface area contributed by atoms with Gasteiger partial charge in [0.25, 0.3) is 0 Å². The van der Waals surface area contributed by atoms with Crippen molar-refractivity contribution >= 4 is 37.0 Å². The van der Waals surface area contributed by atoms with E-state index in [-0.39, 0.29) is 18.7 Å². The van der Waals surface area contributed by atoms with Gasteiger partial charge in [0, 0.05) is 0 Å². The molecule has 192 valence electrons. The molecule has 1 aromatic heterocycles. The zero-order valence-corrected chi connectivity index (χ0v) is 20.6. The topological polar surface area (TPSA) is 138 Å². The van der Waals surface area contributed by atoms with Crippen molar-refractivity contribution in [3.05, 3.63) is 95.3 Å². The molecule has 0 spiro atoms. The van der Waals surface area contributed by atoms with Crippen LogP contribution in [0.3, 0.4) is 0 Å². The van der Waals surface area contributed by atoms with E-state index in [2.05, 4.69) is 14.7 Å². The standard InChI is InChI=1S/C24H20F2N4O5S2/c25-16-4-3-5-17(26)23(16)37(34,35)29-20(24-27-18-6-1-2-7-19(18)28-24)12-14-8-10-15(11-9-14)21-13-22(31)30-36(21,32)33/h1-11,20-21,29H,12-13H2,(H,27,28)(H,30,31). The lowest BCUT2D eigenvalue weighted by Crippen LogP contribution is -2.32. The number of aromatic amines is 1. The average molecular weight is 547 g/mol. The number of sulfonamides is 2. The number of hydrogen-bond donors (Lipinski definition) is 3. The molecule has 5 rings (SSSR count). The minimum atomic E-state index is -4.65. The van der Waals surface area contributed by atoms with Crippen molar-refractivity contribution in [1.82, 2.24) is 19.4 Å². The number of para-hydroxylation sites is 2. The zero-order valence-electron chi connectivity index (χ0n) is 19.0. The van der Waals surface area contributed by atoms with Gasteiger partial charge in [0.2, 0.25) is 26.0 Å². The largest absolute Gasteiger partial charge is 0.341 e. The first-order valence-electron chi connectivity index (χ1n) is 11.1. The van der Waals surface area contributed by atoms with E-state index >= 15 is 0 Å². The Balaban J connectivity index is 1.49. The second-order valence-electron chi connectivity index (χ2n) is 8.57. The van der Waals surface area contributed by atoms with Crippen molar-refractivity contribution < 1.29 is 30.4 Å². The van der Waals surface area contributed by atoms with E-state index in [1.807, 2.05) is 4.72 Å². The molecule has 2 unspecified atom stereocenters. The third kappa shape index (κ3) is 4.97. The summed E-state index contributed by atoms with van der Waals surface area (Å²) in [6, 6.07) is 15.0. The molecule has 1 fully saturated rings. The molecule has 0 saturated carbocycles. The van der Waals surface area contributed by atoms with Gasteiger partial charge in [0.05, 0.1) is 23.5 Å². The Bertz CT molecular complexity index is 1670. The molecule has 1 saturated heterocycles. The van der Waals surface area contributed by atoms with E-state index in [4.69, 9.17) is 0 Å². The Labute approximate surface area is 211 Å². The van der Waals surface area contributed by atoms with E-state index in [1.54, 1.807) is 48.5 Å². The van der Waals surface area contributed by atoms with Crippen molar-refractivity contribution in [2.75, 3.05) is 0 Å². The summed E-state index contributed by atoms with van der Waals surface area (Å²) in [5.74, 6) is -2.84. The van der Waals surface area contributed by atoms with Crippen LogP contribution in [0.1, 0.15) is 34.7 Å². The maximum absolute atomic E-state index is 14.3. The molecule has 2 atom stereocenters. The van der Waals surface area contributed by atoms with Crippen molar-refractivity contribution in [1.29, 1.82) is 0 Å². The monoisotopic (exact) mass is 546 g/mol. The maximum atomic E-state index is 14.3. The van der Waals surface area contributed by atoms with Crippen molar-refractivity contribution in [3.63, 3.8) is 0 Å². The van der Waals surface area contributed by atoms with Gasteiger partial charge in [-0.3, -0.25) is 9.52 Å². The first kappa shape index (κ1) is 25.0. The fourth-order valence-corrected chi connectivity index (χ4v) is 7.03. The quantitative estimate of drug-likeness (QED) is 0.326. The summed E-state index contributed by atoms with van der Waals surface area (Å²) in [6.07, 6.45) is -0.179. The van der Waals surface area contributed by atoms with Gasteiger partial charge in [-0.25, -0.2) is 30.6 Å². The molecule has 2 heterocycles. The second-order valence-corrected chi connectivity index (χ2v) is 12.1. The minimum Gasteiger partial charge on any atom is -0.341 e.